The maximum Gasteiger partial charge on any atom is 0.0937 e. The highest BCUT2D eigenvalue weighted by Gasteiger charge is 2.33. The lowest BCUT2D eigenvalue weighted by atomic mass is 9.84. The molecule has 4 heterocycles. The summed E-state index contributed by atoms with van der Waals surface area (Å²) in [5.41, 5.74) is 0. The molecule has 3 aliphatic heterocycles. The average molecular weight is 237 g/mol. The second-order valence-corrected chi connectivity index (χ2v) is 5.85. The number of hydrogen-bond acceptors (Lipinski definition) is 4. The molecule has 1 N–H and O–H groups in total. The van der Waals surface area contributed by atoms with Crippen molar-refractivity contribution in [3.63, 3.8) is 0 Å². The minimum Gasteiger partial charge on any atom is -0.312 e. The van der Waals surface area contributed by atoms with Crippen molar-refractivity contribution < 1.29 is 0 Å². The zero-order valence-corrected chi connectivity index (χ0v) is 10.4. The summed E-state index contributed by atoms with van der Waals surface area (Å²) in [4.78, 5) is 6.91. The first-order valence-corrected chi connectivity index (χ1v) is 7.14. The van der Waals surface area contributed by atoms with Crippen molar-refractivity contribution in [2.45, 2.75) is 25.3 Å². The van der Waals surface area contributed by atoms with Crippen LogP contribution >= 0.6 is 11.3 Å². The van der Waals surface area contributed by atoms with Gasteiger partial charge in [-0.3, -0.25) is 0 Å². The number of nitrogens with zero attached hydrogens (tertiary/aromatic N) is 2. The van der Waals surface area contributed by atoms with E-state index in [-0.39, 0.29) is 0 Å². The molecular formula is C12H19N3S. The van der Waals surface area contributed by atoms with Crippen molar-refractivity contribution in [1.82, 2.24) is 15.2 Å². The lowest BCUT2D eigenvalue weighted by Gasteiger charge is -2.45. The minimum atomic E-state index is 0.738. The Morgan fingerprint density at radius 1 is 1.44 bits per heavy atom. The van der Waals surface area contributed by atoms with Gasteiger partial charge in [-0.05, 0) is 31.8 Å². The van der Waals surface area contributed by atoms with Crippen molar-refractivity contribution in [2.24, 2.45) is 5.92 Å². The molecule has 3 nitrogen and oxygen atoms in total. The Hall–Kier alpha value is -0.450. The van der Waals surface area contributed by atoms with Gasteiger partial charge in [-0.2, -0.15) is 0 Å². The number of nitrogens with one attached hydrogen (secondary N) is 1. The summed E-state index contributed by atoms with van der Waals surface area (Å²) in [7, 11) is 0. The third-order valence-corrected chi connectivity index (χ3v) is 4.72. The fourth-order valence-electron chi connectivity index (χ4n) is 2.94. The molecule has 3 aliphatic rings. The van der Waals surface area contributed by atoms with Crippen molar-refractivity contribution in [3.8, 4) is 0 Å². The van der Waals surface area contributed by atoms with E-state index in [1.165, 1.54) is 37.5 Å². The van der Waals surface area contributed by atoms with Crippen LogP contribution < -0.4 is 5.32 Å². The number of rotatable bonds is 4. The first-order valence-electron chi connectivity index (χ1n) is 6.26. The molecule has 3 saturated heterocycles. The largest absolute Gasteiger partial charge is 0.312 e. The molecule has 4 heteroatoms. The van der Waals surface area contributed by atoms with Crippen LogP contribution in [-0.2, 0) is 6.42 Å². The Morgan fingerprint density at radius 2 is 2.31 bits per heavy atom. The molecule has 1 atom stereocenters. The van der Waals surface area contributed by atoms with Crippen LogP contribution in [0.15, 0.2) is 11.6 Å². The van der Waals surface area contributed by atoms with Gasteiger partial charge in [-0.1, -0.05) is 0 Å². The normalized spacial score (nSPS) is 33.1. The van der Waals surface area contributed by atoms with E-state index >= 15 is 0 Å². The Morgan fingerprint density at radius 3 is 2.94 bits per heavy atom. The third-order valence-electron chi connectivity index (χ3n) is 3.89. The SMILES string of the molecule is c1csc(CCNC2CN3CCC2CC3)n1. The lowest BCUT2D eigenvalue weighted by molar-refractivity contribution is 0.0731. The number of fused-ring (bicyclic) bond motifs is 3. The quantitative estimate of drug-likeness (QED) is 0.857. The molecule has 0 saturated carbocycles. The molecule has 1 aromatic heterocycles. The summed E-state index contributed by atoms with van der Waals surface area (Å²) in [6, 6.07) is 0.738. The van der Waals surface area contributed by atoms with Crippen LogP contribution in [0.2, 0.25) is 0 Å². The summed E-state index contributed by atoms with van der Waals surface area (Å²) in [5.74, 6) is 0.932. The van der Waals surface area contributed by atoms with Crippen LogP contribution in [0.4, 0.5) is 0 Å². The van der Waals surface area contributed by atoms with Gasteiger partial charge in [0.2, 0.25) is 0 Å². The van der Waals surface area contributed by atoms with Crippen molar-refractivity contribution >= 4 is 11.3 Å². The van der Waals surface area contributed by atoms with Gasteiger partial charge in [-0.25, -0.2) is 4.98 Å². The van der Waals surface area contributed by atoms with Gasteiger partial charge in [0.1, 0.15) is 0 Å². The topological polar surface area (TPSA) is 28.2 Å². The van der Waals surface area contributed by atoms with E-state index in [0.717, 1.165) is 24.9 Å². The van der Waals surface area contributed by atoms with E-state index in [4.69, 9.17) is 0 Å². The molecule has 4 rings (SSSR count). The van der Waals surface area contributed by atoms with Crippen LogP contribution in [-0.4, -0.2) is 42.1 Å². The monoisotopic (exact) mass is 237 g/mol. The van der Waals surface area contributed by atoms with Gasteiger partial charge in [0, 0.05) is 37.1 Å². The molecule has 1 aromatic rings. The predicted octanol–water partition coefficient (Wildman–Crippen LogP) is 1.37. The van der Waals surface area contributed by atoms with Crippen LogP contribution in [0, 0.1) is 5.92 Å². The van der Waals surface area contributed by atoms with Crippen molar-refractivity contribution in [1.29, 1.82) is 0 Å². The van der Waals surface area contributed by atoms with Crippen LogP contribution in [0.3, 0.4) is 0 Å². The Labute approximate surface area is 101 Å². The maximum absolute atomic E-state index is 4.31. The molecule has 3 fully saturated rings. The molecule has 88 valence electrons. The van der Waals surface area contributed by atoms with E-state index in [0.29, 0.717) is 0 Å². The summed E-state index contributed by atoms with van der Waals surface area (Å²) >= 11 is 1.76. The highest BCUT2D eigenvalue weighted by Crippen LogP contribution is 2.27. The van der Waals surface area contributed by atoms with Crippen LogP contribution in [0.25, 0.3) is 0 Å². The number of aromatic nitrogens is 1. The average Bonchev–Trinajstić information content (AvgIpc) is 2.84. The Bertz CT molecular complexity index is 317. The van der Waals surface area contributed by atoms with Gasteiger partial charge in [-0.15, -0.1) is 11.3 Å². The van der Waals surface area contributed by atoms with E-state index < -0.39 is 0 Å². The maximum atomic E-state index is 4.31. The molecule has 1 unspecified atom stereocenters. The molecule has 0 aliphatic carbocycles. The zero-order chi connectivity index (χ0) is 10.8. The highest BCUT2D eigenvalue weighted by atomic mass is 32.1. The first kappa shape index (κ1) is 10.7. The summed E-state index contributed by atoms with van der Waals surface area (Å²) in [6.07, 6.45) is 5.78. The predicted molar refractivity (Wildman–Crippen MR) is 66.8 cm³/mol. The number of thiazole rings is 1. The summed E-state index contributed by atoms with van der Waals surface area (Å²) in [5, 5.41) is 7.03. The van der Waals surface area contributed by atoms with Gasteiger partial charge in [0.15, 0.2) is 0 Å². The minimum absolute atomic E-state index is 0.738. The summed E-state index contributed by atoms with van der Waals surface area (Å²) < 4.78 is 0. The molecule has 0 spiro atoms. The smallest absolute Gasteiger partial charge is 0.0937 e. The molecule has 2 bridgehead atoms. The van der Waals surface area contributed by atoms with Crippen molar-refractivity contribution in [3.05, 3.63) is 16.6 Å². The van der Waals surface area contributed by atoms with Crippen molar-refractivity contribution in [2.75, 3.05) is 26.2 Å². The van der Waals surface area contributed by atoms with E-state index in [2.05, 4.69) is 20.6 Å². The van der Waals surface area contributed by atoms with Gasteiger partial charge in [0.25, 0.3) is 0 Å². The van der Waals surface area contributed by atoms with E-state index in [1.54, 1.807) is 11.3 Å². The number of hydrogen-bond donors (Lipinski definition) is 1. The molecule has 0 radical (unpaired) electrons. The standard InChI is InChI=1S/C12H19N3S/c1(12-14-5-8-16-12)4-13-11-9-15-6-2-10(11)3-7-15/h5,8,10-11,13H,1-4,6-7,9H2. The zero-order valence-electron chi connectivity index (χ0n) is 9.56. The molecule has 0 aromatic carbocycles. The fourth-order valence-corrected chi connectivity index (χ4v) is 3.56. The van der Waals surface area contributed by atoms with Crippen LogP contribution in [0.1, 0.15) is 17.8 Å². The second kappa shape index (κ2) is 4.82. The fraction of sp³-hybridized carbons (Fsp3) is 0.750. The van der Waals surface area contributed by atoms with Crippen LogP contribution in [0.5, 0.6) is 0 Å². The summed E-state index contributed by atoms with van der Waals surface area (Å²) in [6.45, 7) is 5.01. The van der Waals surface area contributed by atoms with E-state index in [1.807, 2.05) is 6.20 Å². The highest BCUT2D eigenvalue weighted by molar-refractivity contribution is 7.09. The number of piperidine rings is 3. The molecule has 0 amide bonds. The lowest BCUT2D eigenvalue weighted by Crippen LogP contribution is -2.56. The molecular weight excluding hydrogens is 218 g/mol. The Balaban J connectivity index is 1.45. The first-order chi connectivity index (χ1) is 7.92. The van der Waals surface area contributed by atoms with E-state index in [9.17, 15) is 0 Å². The van der Waals surface area contributed by atoms with Gasteiger partial charge in [0.05, 0.1) is 5.01 Å². The molecule has 16 heavy (non-hydrogen) atoms. The third kappa shape index (κ3) is 2.29. The second-order valence-electron chi connectivity index (χ2n) is 4.87. The van der Waals surface area contributed by atoms with Gasteiger partial charge < -0.3 is 10.2 Å². The van der Waals surface area contributed by atoms with Gasteiger partial charge >= 0.3 is 0 Å². The Kier molecular flexibility index (Phi) is 3.22.